The zero-order valence-electron chi connectivity index (χ0n) is 11.6. The second-order valence-corrected chi connectivity index (χ2v) is 8.13. The highest BCUT2D eigenvalue weighted by Gasteiger charge is 2.28. The van der Waals surface area contributed by atoms with Crippen LogP contribution in [0.4, 0.5) is 4.79 Å². The molecule has 1 aliphatic carbocycles. The Morgan fingerprint density at radius 1 is 1.16 bits per heavy atom. The Labute approximate surface area is 115 Å². The molecule has 0 aromatic carbocycles. The second kappa shape index (κ2) is 6.11. The van der Waals surface area contributed by atoms with Gasteiger partial charge in [0.1, 0.15) is 9.84 Å². The fourth-order valence-electron chi connectivity index (χ4n) is 3.00. The fourth-order valence-corrected chi connectivity index (χ4v) is 4.47. The highest BCUT2D eigenvalue weighted by atomic mass is 32.2. The lowest BCUT2D eigenvalue weighted by Gasteiger charge is -2.31. The van der Waals surface area contributed by atoms with Crippen LogP contribution in [-0.2, 0) is 9.84 Å². The van der Waals surface area contributed by atoms with Crippen molar-refractivity contribution in [3.05, 3.63) is 0 Å². The van der Waals surface area contributed by atoms with Gasteiger partial charge in [-0.1, -0.05) is 12.8 Å². The van der Waals surface area contributed by atoms with Gasteiger partial charge in [-0.2, -0.15) is 0 Å². The van der Waals surface area contributed by atoms with E-state index in [9.17, 15) is 13.2 Å². The third-order valence-corrected chi connectivity index (χ3v) is 6.12. The van der Waals surface area contributed by atoms with Gasteiger partial charge in [0.25, 0.3) is 0 Å². The molecule has 1 N–H and O–H groups in total. The summed E-state index contributed by atoms with van der Waals surface area (Å²) >= 11 is 0. The predicted octanol–water partition coefficient (Wildman–Crippen LogP) is 1.40. The third-order valence-electron chi connectivity index (χ3n) is 4.41. The average Bonchev–Trinajstić information content (AvgIpc) is 2.88. The largest absolute Gasteiger partial charge is 0.338 e. The van der Waals surface area contributed by atoms with Crippen LogP contribution in [0.3, 0.4) is 0 Å². The number of urea groups is 1. The first-order chi connectivity index (χ1) is 8.98. The Balaban J connectivity index is 1.75. The molecule has 0 atom stereocenters. The zero-order valence-corrected chi connectivity index (χ0v) is 12.4. The summed E-state index contributed by atoms with van der Waals surface area (Å²) in [6.45, 7) is 0.758. The van der Waals surface area contributed by atoms with E-state index in [0.29, 0.717) is 18.8 Å². The number of carbonyl (C=O) groups excluding carboxylic acids is 1. The molecule has 0 aromatic rings. The quantitative estimate of drug-likeness (QED) is 0.853. The molecule has 2 aliphatic rings. The molecule has 1 aliphatic heterocycles. The number of amides is 2. The molecule has 0 unspecified atom stereocenters. The normalized spacial score (nSPS) is 24.3. The minimum Gasteiger partial charge on any atom is -0.338 e. The number of nitrogens with zero attached hydrogens (tertiary/aromatic N) is 1. The number of hydrogen-bond acceptors (Lipinski definition) is 3. The van der Waals surface area contributed by atoms with Gasteiger partial charge in [-0.25, -0.2) is 13.2 Å². The summed E-state index contributed by atoms with van der Waals surface area (Å²) in [7, 11) is -1.09. The SMILES string of the molecule is CN(C(=O)NCC1CCCC1)C1CCS(=O)(=O)CC1. The van der Waals surface area contributed by atoms with Crippen LogP contribution in [0.5, 0.6) is 0 Å². The average molecular weight is 288 g/mol. The van der Waals surface area contributed by atoms with Crippen molar-refractivity contribution in [1.29, 1.82) is 0 Å². The van der Waals surface area contributed by atoms with Crippen molar-refractivity contribution in [2.45, 2.75) is 44.6 Å². The van der Waals surface area contributed by atoms with Crippen molar-refractivity contribution >= 4 is 15.9 Å². The Kier molecular flexibility index (Phi) is 4.71. The van der Waals surface area contributed by atoms with Crippen molar-refractivity contribution in [1.82, 2.24) is 10.2 Å². The van der Waals surface area contributed by atoms with Gasteiger partial charge in [-0.05, 0) is 31.6 Å². The third kappa shape index (κ3) is 4.09. The number of rotatable bonds is 3. The van der Waals surface area contributed by atoms with E-state index in [1.54, 1.807) is 11.9 Å². The summed E-state index contributed by atoms with van der Waals surface area (Å²) in [5, 5.41) is 2.98. The van der Waals surface area contributed by atoms with Crippen LogP contribution in [0, 0.1) is 5.92 Å². The predicted molar refractivity (Wildman–Crippen MR) is 74.8 cm³/mol. The van der Waals surface area contributed by atoms with E-state index in [1.165, 1.54) is 25.7 Å². The first-order valence-electron chi connectivity index (χ1n) is 7.19. The summed E-state index contributed by atoms with van der Waals surface area (Å²) in [4.78, 5) is 13.7. The van der Waals surface area contributed by atoms with Crippen LogP contribution in [0.1, 0.15) is 38.5 Å². The van der Waals surface area contributed by atoms with Gasteiger partial charge in [0.15, 0.2) is 0 Å². The summed E-state index contributed by atoms with van der Waals surface area (Å²) in [5.41, 5.74) is 0. The van der Waals surface area contributed by atoms with Crippen LogP contribution >= 0.6 is 0 Å². The van der Waals surface area contributed by atoms with Crippen LogP contribution in [0.25, 0.3) is 0 Å². The lowest BCUT2D eigenvalue weighted by Crippen LogP contribution is -2.47. The van der Waals surface area contributed by atoms with Crippen LogP contribution in [0.15, 0.2) is 0 Å². The van der Waals surface area contributed by atoms with E-state index < -0.39 is 9.84 Å². The Morgan fingerprint density at radius 3 is 2.32 bits per heavy atom. The van der Waals surface area contributed by atoms with Gasteiger partial charge in [-0.3, -0.25) is 0 Å². The number of sulfone groups is 1. The molecule has 1 saturated carbocycles. The Hall–Kier alpha value is -0.780. The van der Waals surface area contributed by atoms with Gasteiger partial charge < -0.3 is 10.2 Å². The fraction of sp³-hybridized carbons (Fsp3) is 0.923. The maximum absolute atomic E-state index is 12.0. The van der Waals surface area contributed by atoms with Crippen LogP contribution in [-0.4, -0.2) is 50.5 Å². The molecule has 6 heteroatoms. The molecule has 2 fully saturated rings. The molecular weight excluding hydrogens is 264 g/mol. The van der Waals surface area contributed by atoms with Crippen molar-refractivity contribution in [2.24, 2.45) is 5.92 Å². The van der Waals surface area contributed by atoms with Gasteiger partial charge in [0.2, 0.25) is 0 Å². The second-order valence-electron chi connectivity index (χ2n) is 5.83. The number of hydrogen-bond donors (Lipinski definition) is 1. The van der Waals surface area contributed by atoms with Crippen LogP contribution in [0.2, 0.25) is 0 Å². The zero-order chi connectivity index (χ0) is 13.9. The molecule has 0 aromatic heterocycles. The molecule has 110 valence electrons. The molecule has 19 heavy (non-hydrogen) atoms. The first-order valence-corrected chi connectivity index (χ1v) is 9.01. The molecule has 2 rings (SSSR count). The van der Waals surface area contributed by atoms with Crippen molar-refractivity contribution in [2.75, 3.05) is 25.1 Å². The molecule has 5 nitrogen and oxygen atoms in total. The molecular formula is C13H24N2O3S. The van der Waals surface area contributed by atoms with E-state index in [0.717, 1.165) is 6.54 Å². The highest BCUT2D eigenvalue weighted by molar-refractivity contribution is 7.91. The van der Waals surface area contributed by atoms with Crippen LogP contribution < -0.4 is 5.32 Å². The minimum atomic E-state index is -2.86. The molecule has 1 heterocycles. The number of carbonyl (C=O) groups is 1. The Morgan fingerprint density at radius 2 is 1.74 bits per heavy atom. The monoisotopic (exact) mass is 288 g/mol. The van der Waals surface area contributed by atoms with E-state index in [2.05, 4.69) is 5.32 Å². The first kappa shape index (κ1) is 14.6. The molecule has 2 amide bonds. The molecule has 1 saturated heterocycles. The standard InChI is InChI=1S/C13H24N2O3S/c1-15(12-6-8-19(17,18)9-7-12)13(16)14-10-11-4-2-3-5-11/h11-12H,2-10H2,1H3,(H,14,16). The van der Waals surface area contributed by atoms with Crippen molar-refractivity contribution < 1.29 is 13.2 Å². The summed E-state index contributed by atoms with van der Waals surface area (Å²) in [6, 6.07) is 0.00306. The maximum Gasteiger partial charge on any atom is 0.317 e. The summed E-state index contributed by atoms with van der Waals surface area (Å²) in [5.74, 6) is 1.04. The van der Waals surface area contributed by atoms with E-state index >= 15 is 0 Å². The lowest BCUT2D eigenvalue weighted by molar-refractivity contribution is 0.184. The minimum absolute atomic E-state index is 0.0591. The van der Waals surface area contributed by atoms with Gasteiger partial charge in [0, 0.05) is 19.6 Å². The topological polar surface area (TPSA) is 66.5 Å². The summed E-state index contributed by atoms with van der Waals surface area (Å²) < 4.78 is 22.7. The van der Waals surface area contributed by atoms with Crippen molar-refractivity contribution in [3.63, 3.8) is 0 Å². The highest BCUT2D eigenvalue weighted by Crippen LogP contribution is 2.24. The Bertz CT molecular complexity index is 402. The molecule has 0 bridgehead atoms. The summed E-state index contributed by atoms with van der Waals surface area (Å²) in [6.07, 6.45) is 6.11. The van der Waals surface area contributed by atoms with Gasteiger partial charge >= 0.3 is 6.03 Å². The van der Waals surface area contributed by atoms with E-state index in [1.807, 2.05) is 0 Å². The van der Waals surface area contributed by atoms with E-state index in [-0.39, 0.29) is 23.6 Å². The maximum atomic E-state index is 12.0. The van der Waals surface area contributed by atoms with Gasteiger partial charge in [-0.15, -0.1) is 0 Å². The molecule has 0 radical (unpaired) electrons. The van der Waals surface area contributed by atoms with Crippen molar-refractivity contribution in [3.8, 4) is 0 Å². The van der Waals surface area contributed by atoms with E-state index in [4.69, 9.17) is 0 Å². The molecule has 0 spiro atoms. The smallest absolute Gasteiger partial charge is 0.317 e. The number of nitrogens with one attached hydrogen (secondary N) is 1. The van der Waals surface area contributed by atoms with Gasteiger partial charge in [0.05, 0.1) is 11.5 Å². The lowest BCUT2D eigenvalue weighted by atomic mass is 10.1.